The van der Waals surface area contributed by atoms with E-state index in [4.69, 9.17) is 11.6 Å². The van der Waals surface area contributed by atoms with Crippen LogP contribution in [-0.4, -0.2) is 48.4 Å². The normalized spacial score (nSPS) is 19.1. The van der Waals surface area contributed by atoms with Gasteiger partial charge in [-0.25, -0.2) is 0 Å². The van der Waals surface area contributed by atoms with Crippen LogP contribution >= 0.6 is 38.9 Å². The zero-order valence-corrected chi connectivity index (χ0v) is 12.3. The van der Waals surface area contributed by atoms with E-state index in [0.717, 1.165) is 45.1 Å². The maximum atomic E-state index is 5.75. The molecule has 2 nitrogen and oxygen atoms in total. The molecule has 0 bridgehead atoms. The maximum absolute atomic E-state index is 5.75. The highest BCUT2D eigenvalue weighted by atomic mass is 79.9. The third-order valence-corrected chi connectivity index (χ3v) is 5.00. The van der Waals surface area contributed by atoms with Crippen molar-refractivity contribution in [3.05, 3.63) is 20.8 Å². The van der Waals surface area contributed by atoms with Crippen molar-refractivity contribution < 1.29 is 0 Å². The SMILES string of the molecule is ClCCN1CCN(Cc2sccc2Br)CC1. The van der Waals surface area contributed by atoms with Crippen LogP contribution in [0.4, 0.5) is 0 Å². The van der Waals surface area contributed by atoms with Crippen molar-refractivity contribution in [2.75, 3.05) is 38.6 Å². The summed E-state index contributed by atoms with van der Waals surface area (Å²) in [5, 5.41) is 2.14. The first-order chi connectivity index (χ1) is 7.79. The summed E-state index contributed by atoms with van der Waals surface area (Å²) in [6.07, 6.45) is 0. The maximum Gasteiger partial charge on any atom is 0.0351 e. The van der Waals surface area contributed by atoms with Gasteiger partial charge in [-0.1, -0.05) is 0 Å². The summed E-state index contributed by atoms with van der Waals surface area (Å²) >= 11 is 11.2. The first-order valence-electron chi connectivity index (χ1n) is 5.52. The van der Waals surface area contributed by atoms with Gasteiger partial charge in [0.05, 0.1) is 0 Å². The van der Waals surface area contributed by atoms with Crippen molar-refractivity contribution in [2.24, 2.45) is 0 Å². The molecule has 1 aliphatic heterocycles. The smallest absolute Gasteiger partial charge is 0.0351 e. The molecular formula is C11H16BrClN2S. The molecule has 0 spiro atoms. The summed E-state index contributed by atoms with van der Waals surface area (Å²) in [6, 6.07) is 2.13. The predicted octanol–water partition coefficient (Wildman–Crippen LogP) is 2.87. The Kier molecular flexibility index (Phi) is 5.10. The monoisotopic (exact) mass is 322 g/mol. The van der Waals surface area contributed by atoms with E-state index in [9.17, 15) is 0 Å². The van der Waals surface area contributed by atoms with Gasteiger partial charge in [-0.15, -0.1) is 22.9 Å². The molecule has 0 unspecified atom stereocenters. The zero-order chi connectivity index (χ0) is 11.4. The molecule has 1 aromatic rings. The highest BCUT2D eigenvalue weighted by molar-refractivity contribution is 9.10. The van der Waals surface area contributed by atoms with Gasteiger partial charge in [-0.05, 0) is 27.4 Å². The molecule has 0 aliphatic carbocycles. The minimum Gasteiger partial charge on any atom is -0.300 e. The third-order valence-electron chi connectivity index (χ3n) is 2.92. The molecule has 2 heterocycles. The summed E-state index contributed by atoms with van der Waals surface area (Å²) in [6.45, 7) is 6.71. The van der Waals surface area contributed by atoms with Crippen molar-refractivity contribution in [1.29, 1.82) is 0 Å². The fraction of sp³-hybridized carbons (Fsp3) is 0.636. The van der Waals surface area contributed by atoms with Gasteiger partial charge in [0.1, 0.15) is 0 Å². The topological polar surface area (TPSA) is 6.48 Å². The zero-order valence-electron chi connectivity index (χ0n) is 9.16. The Balaban J connectivity index is 1.79. The van der Waals surface area contributed by atoms with Crippen molar-refractivity contribution >= 4 is 38.9 Å². The number of alkyl halides is 1. The minimum absolute atomic E-state index is 0.747. The molecule has 0 radical (unpaired) electrons. The van der Waals surface area contributed by atoms with Gasteiger partial charge in [0, 0.05) is 54.5 Å². The number of thiophene rings is 1. The Morgan fingerprint density at radius 2 is 1.94 bits per heavy atom. The van der Waals surface area contributed by atoms with Crippen molar-refractivity contribution in [1.82, 2.24) is 9.80 Å². The molecule has 1 saturated heterocycles. The van der Waals surface area contributed by atoms with Gasteiger partial charge in [0.2, 0.25) is 0 Å². The van der Waals surface area contributed by atoms with Gasteiger partial charge in [0.15, 0.2) is 0 Å². The summed E-state index contributed by atoms with van der Waals surface area (Å²) in [4.78, 5) is 6.39. The molecule has 1 aliphatic rings. The van der Waals surface area contributed by atoms with Crippen LogP contribution < -0.4 is 0 Å². The van der Waals surface area contributed by atoms with E-state index in [1.807, 2.05) is 11.3 Å². The van der Waals surface area contributed by atoms with Gasteiger partial charge in [0.25, 0.3) is 0 Å². The number of halogens is 2. The average Bonchev–Trinajstić information content (AvgIpc) is 2.68. The Morgan fingerprint density at radius 3 is 2.50 bits per heavy atom. The van der Waals surface area contributed by atoms with Gasteiger partial charge < -0.3 is 0 Å². The number of hydrogen-bond donors (Lipinski definition) is 0. The summed E-state index contributed by atoms with van der Waals surface area (Å²) in [7, 11) is 0. The quantitative estimate of drug-likeness (QED) is 0.786. The Labute approximate surface area is 114 Å². The minimum atomic E-state index is 0.747. The van der Waals surface area contributed by atoms with Crippen LogP contribution in [0.25, 0.3) is 0 Å². The highest BCUT2D eigenvalue weighted by Gasteiger charge is 2.17. The van der Waals surface area contributed by atoms with Gasteiger partial charge in [-0.2, -0.15) is 0 Å². The van der Waals surface area contributed by atoms with E-state index in [0.29, 0.717) is 0 Å². The molecule has 1 fully saturated rings. The van der Waals surface area contributed by atoms with Crippen LogP contribution in [0.3, 0.4) is 0 Å². The molecular weight excluding hydrogens is 308 g/mol. The third kappa shape index (κ3) is 3.44. The van der Waals surface area contributed by atoms with E-state index >= 15 is 0 Å². The first-order valence-corrected chi connectivity index (χ1v) is 7.73. The van der Waals surface area contributed by atoms with Crippen molar-refractivity contribution in [3.8, 4) is 0 Å². The van der Waals surface area contributed by atoms with Crippen LogP contribution in [0.1, 0.15) is 4.88 Å². The van der Waals surface area contributed by atoms with Crippen LogP contribution in [0.5, 0.6) is 0 Å². The fourth-order valence-corrected chi connectivity index (χ4v) is 3.69. The number of nitrogens with zero attached hydrogens (tertiary/aromatic N) is 2. The molecule has 16 heavy (non-hydrogen) atoms. The second kappa shape index (κ2) is 6.36. The standard InChI is InChI=1S/C11H16BrClN2S/c12-10-1-8-16-11(10)9-15-6-4-14(3-2-13)5-7-15/h1,8H,2-7,9H2. The summed E-state index contributed by atoms with van der Waals surface area (Å²) in [5.74, 6) is 0.747. The second-order valence-electron chi connectivity index (χ2n) is 4.00. The number of piperazine rings is 1. The lowest BCUT2D eigenvalue weighted by Gasteiger charge is -2.34. The first kappa shape index (κ1) is 12.8. The molecule has 0 N–H and O–H groups in total. The van der Waals surface area contributed by atoms with Gasteiger partial charge in [-0.3, -0.25) is 9.80 Å². The average molecular weight is 324 g/mol. The second-order valence-corrected chi connectivity index (χ2v) is 6.23. The lowest BCUT2D eigenvalue weighted by atomic mass is 10.3. The summed E-state index contributed by atoms with van der Waals surface area (Å²) < 4.78 is 1.25. The number of rotatable bonds is 4. The van der Waals surface area contributed by atoms with Crippen LogP contribution in [0, 0.1) is 0 Å². The molecule has 0 atom stereocenters. The van der Waals surface area contributed by atoms with Crippen molar-refractivity contribution in [3.63, 3.8) is 0 Å². The van der Waals surface area contributed by atoms with E-state index in [1.54, 1.807) is 0 Å². The number of hydrogen-bond acceptors (Lipinski definition) is 3. The molecule has 0 amide bonds. The Morgan fingerprint density at radius 1 is 1.25 bits per heavy atom. The Hall–Kier alpha value is 0.390. The fourth-order valence-electron chi connectivity index (χ4n) is 1.93. The summed E-state index contributed by atoms with van der Waals surface area (Å²) in [5.41, 5.74) is 0. The Bertz CT molecular complexity index is 324. The van der Waals surface area contributed by atoms with Crippen LogP contribution in [0.15, 0.2) is 15.9 Å². The molecule has 0 aromatic carbocycles. The van der Waals surface area contributed by atoms with Crippen LogP contribution in [-0.2, 0) is 6.54 Å². The molecule has 5 heteroatoms. The molecule has 2 rings (SSSR count). The van der Waals surface area contributed by atoms with Crippen molar-refractivity contribution in [2.45, 2.75) is 6.54 Å². The van der Waals surface area contributed by atoms with E-state index in [1.165, 1.54) is 9.35 Å². The lowest BCUT2D eigenvalue weighted by molar-refractivity contribution is 0.133. The van der Waals surface area contributed by atoms with E-state index < -0.39 is 0 Å². The van der Waals surface area contributed by atoms with E-state index in [-0.39, 0.29) is 0 Å². The van der Waals surface area contributed by atoms with Gasteiger partial charge >= 0.3 is 0 Å². The lowest BCUT2D eigenvalue weighted by Crippen LogP contribution is -2.46. The van der Waals surface area contributed by atoms with E-state index in [2.05, 4.69) is 37.2 Å². The molecule has 1 aromatic heterocycles. The molecule has 0 saturated carbocycles. The largest absolute Gasteiger partial charge is 0.300 e. The molecule has 90 valence electrons. The van der Waals surface area contributed by atoms with Crippen LogP contribution in [0.2, 0.25) is 0 Å². The predicted molar refractivity (Wildman–Crippen MR) is 74.5 cm³/mol. The highest BCUT2D eigenvalue weighted by Crippen LogP contribution is 2.24.